The molecule has 2 nitrogen and oxygen atoms in total. The van der Waals surface area contributed by atoms with E-state index in [1.165, 1.54) is 0 Å². The maximum Gasteiger partial charge on any atom is 0.161 e. The molecule has 17 heavy (non-hydrogen) atoms. The molecule has 0 aromatic heterocycles. The number of rotatable bonds is 1. The Balaban J connectivity index is 2.16. The molecule has 0 radical (unpaired) electrons. The monoisotopic (exact) mass is 376 g/mol. The Bertz CT molecular complexity index is 448. The van der Waals surface area contributed by atoms with E-state index in [1.54, 1.807) is 11.8 Å². The van der Waals surface area contributed by atoms with Gasteiger partial charge in [-0.1, -0.05) is 34.6 Å². The molecule has 0 saturated heterocycles. The normalized spacial score (nSPS) is 24.4. The second-order valence-electron chi connectivity index (χ2n) is 4.21. The number of anilines is 1. The predicted molar refractivity (Wildman–Crippen MR) is 84.0 cm³/mol. The summed E-state index contributed by atoms with van der Waals surface area (Å²) in [5.74, 6) is 1.77. The molecule has 0 amide bonds. The molecule has 1 aromatic rings. The molecule has 0 aliphatic carbocycles. The van der Waals surface area contributed by atoms with Gasteiger partial charge in [-0.25, -0.2) is 0 Å². The number of amidine groups is 1. The van der Waals surface area contributed by atoms with Gasteiger partial charge in [-0.05, 0) is 47.0 Å². The maximum atomic E-state index is 4.66. The van der Waals surface area contributed by atoms with Crippen LogP contribution in [0.1, 0.15) is 13.8 Å². The van der Waals surface area contributed by atoms with Gasteiger partial charge in [0.2, 0.25) is 0 Å². The first-order chi connectivity index (χ1) is 8.06. The van der Waals surface area contributed by atoms with Crippen LogP contribution in [0, 0.1) is 5.92 Å². The van der Waals surface area contributed by atoms with Crippen molar-refractivity contribution < 1.29 is 0 Å². The van der Waals surface area contributed by atoms with E-state index in [2.05, 4.69) is 62.1 Å². The van der Waals surface area contributed by atoms with Crippen molar-refractivity contribution in [3.8, 4) is 0 Å². The fraction of sp³-hybridized carbons (Fsp3) is 0.417. The van der Waals surface area contributed by atoms with Crippen LogP contribution in [0.4, 0.5) is 5.69 Å². The SMILES string of the molecule is CC1CSC(Nc2cc(Br)ccc2Br)=NC1C. The molecule has 1 N–H and O–H groups in total. The smallest absolute Gasteiger partial charge is 0.161 e. The van der Waals surface area contributed by atoms with Crippen LogP contribution >= 0.6 is 43.6 Å². The summed E-state index contributed by atoms with van der Waals surface area (Å²) in [6, 6.07) is 6.47. The number of hydrogen-bond donors (Lipinski definition) is 1. The quantitative estimate of drug-likeness (QED) is 0.763. The van der Waals surface area contributed by atoms with Crippen molar-refractivity contribution in [2.24, 2.45) is 10.9 Å². The van der Waals surface area contributed by atoms with Gasteiger partial charge in [-0.15, -0.1) is 0 Å². The van der Waals surface area contributed by atoms with E-state index < -0.39 is 0 Å². The Labute approximate surface area is 123 Å². The Hall–Kier alpha value is -0.000000000000000111. The lowest BCUT2D eigenvalue weighted by atomic mass is 10.1. The zero-order valence-electron chi connectivity index (χ0n) is 9.71. The zero-order chi connectivity index (χ0) is 12.4. The minimum atomic E-state index is 0.393. The van der Waals surface area contributed by atoms with E-state index in [0.29, 0.717) is 12.0 Å². The van der Waals surface area contributed by atoms with Crippen LogP contribution in [0.15, 0.2) is 32.1 Å². The molecule has 1 aliphatic heterocycles. The molecule has 2 atom stereocenters. The van der Waals surface area contributed by atoms with Crippen molar-refractivity contribution in [1.29, 1.82) is 0 Å². The van der Waals surface area contributed by atoms with Crippen LogP contribution in [0.5, 0.6) is 0 Å². The van der Waals surface area contributed by atoms with Crippen molar-refractivity contribution >= 4 is 54.5 Å². The third kappa shape index (κ3) is 3.48. The zero-order valence-corrected chi connectivity index (χ0v) is 13.7. The van der Waals surface area contributed by atoms with Gasteiger partial charge in [-0.2, -0.15) is 0 Å². The average molecular weight is 378 g/mol. The highest BCUT2D eigenvalue weighted by Gasteiger charge is 2.19. The lowest BCUT2D eigenvalue weighted by Gasteiger charge is -2.24. The Morgan fingerprint density at radius 3 is 2.82 bits per heavy atom. The lowest BCUT2D eigenvalue weighted by Crippen LogP contribution is -2.25. The number of thioether (sulfide) groups is 1. The third-order valence-corrected chi connectivity index (χ3v) is 5.16. The summed E-state index contributed by atoms with van der Waals surface area (Å²) in [7, 11) is 0. The molecular weight excluding hydrogens is 364 g/mol. The van der Waals surface area contributed by atoms with E-state index in [-0.39, 0.29) is 0 Å². The molecule has 0 spiro atoms. The summed E-state index contributed by atoms with van der Waals surface area (Å²) in [5, 5.41) is 4.39. The molecule has 0 fully saturated rings. The average Bonchev–Trinajstić information content (AvgIpc) is 2.29. The van der Waals surface area contributed by atoms with Gasteiger partial charge in [0, 0.05) is 14.7 Å². The Kier molecular flexibility index (Phi) is 4.55. The summed E-state index contributed by atoms with van der Waals surface area (Å²) in [6.07, 6.45) is 0. The van der Waals surface area contributed by atoms with E-state index in [4.69, 9.17) is 0 Å². The highest BCUT2D eigenvalue weighted by atomic mass is 79.9. The van der Waals surface area contributed by atoms with Gasteiger partial charge in [0.15, 0.2) is 5.17 Å². The van der Waals surface area contributed by atoms with Crippen molar-refractivity contribution in [2.75, 3.05) is 11.1 Å². The molecule has 2 unspecified atom stereocenters. The number of halogens is 2. The number of nitrogens with zero attached hydrogens (tertiary/aromatic N) is 1. The first-order valence-corrected chi connectivity index (χ1v) is 8.06. The molecule has 0 bridgehead atoms. The third-order valence-electron chi connectivity index (χ3n) is 2.80. The van der Waals surface area contributed by atoms with Crippen LogP contribution < -0.4 is 5.32 Å². The summed E-state index contributed by atoms with van der Waals surface area (Å²) in [5.41, 5.74) is 1.05. The Morgan fingerprint density at radius 2 is 2.12 bits per heavy atom. The van der Waals surface area contributed by atoms with E-state index in [0.717, 1.165) is 25.6 Å². The number of aliphatic imine (C=N–C) groups is 1. The first kappa shape index (κ1) is 13.4. The molecular formula is C12H14Br2N2S. The highest BCUT2D eigenvalue weighted by Crippen LogP contribution is 2.29. The van der Waals surface area contributed by atoms with Gasteiger partial charge in [0.05, 0.1) is 11.7 Å². The van der Waals surface area contributed by atoms with Crippen molar-refractivity contribution in [3.05, 3.63) is 27.1 Å². The van der Waals surface area contributed by atoms with Gasteiger partial charge < -0.3 is 5.32 Å². The molecule has 5 heteroatoms. The van der Waals surface area contributed by atoms with Gasteiger partial charge in [0.1, 0.15) is 0 Å². The number of benzene rings is 1. The van der Waals surface area contributed by atoms with E-state index in [1.807, 2.05) is 12.1 Å². The van der Waals surface area contributed by atoms with E-state index >= 15 is 0 Å². The van der Waals surface area contributed by atoms with Crippen molar-refractivity contribution in [2.45, 2.75) is 19.9 Å². The topological polar surface area (TPSA) is 24.4 Å². The highest BCUT2D eigenvalue weighted by molar-refractivity contribution is 9.11. The summed E-state index contributed by atoms with van der Waals surface area (Å²) in [4.78, 5) is 4.66. The fourth-order valence-electron chi connectivity index (χ4n) is 1.48. The first-order valence-electron chi connectivity index (χ1n) is 5.49. The summed E-state index contributed by atoms with van der Waals surface area (Å²) >= 11 is 8.80. The van der Waals surface area contributed by atoms with Crippen LogP contribution in [-0.2, 0) is 0 Å². The lowest BCUT2D eigenvalue weighted by molar-refractivity contribution is 0.537. The second-order valence-corrected chi connectivity index (χ2v) is 6.99. The standard InChI is InChI=1S/C12H14Br2N2S/c1-7-6-17-12(15-8(7)2)16-11-5-9(13)3-4-10(11)14/h3-5,7-8H,6H2,1-2H3,(H,15,16). The fourth-order valence-corrected chi connectivity index (χ4v) is 3.30. The van der Waals surface area contributed by atoms with Crippen LogP contribution in [0.25, 0.3) is 0 Å². The summed E-state index contributed by atoms with van der Waals surface area (Å²) in [6.45, 7) is 4.41. The minimum Gasteiger partial charge on any atom is -0.334 e. The van der Waals surface area contributed by atoms with Gasteiger partial charge in [0.25, 0.3) is 0 Å². The molecule has 2 rings (SSSR count). The molecule has 1 aliphatic rings. The predicted octanol–water partition coefficient (Wildman–Crippen LogP) is 4.75. The maximum absolute atomic E-state index is 4.66. The minimum absolute atomic E-state index is 0.393. The van der Waals surface area contributed by atoms with Crippen LogP contribution in [-0.4, -0.2) is 17.0 Å². The van der Waals surface area contributed by atoms with Crippen LogP contribution in [0.2, 0.25) is 0 Å². The number of nitrogens with one attached hydrogen (secondary N) is 1. The molecule has 1 aromatic carbocycles. The van der Waals surface area contributed by atoms with E-state index in [9.17, 15) is 0 Å². The Morgan fingerprint density at radius 1 is 1.35 bits per heavy atom. The largest absolute Gasteiger partial charge is 0.334 e. The van der Waals surface area contributed by atoms with Crippen molar-refractivity contribution in [1.82, 2.24) is 0 Å². The van der Waals surface area contributed by atoms with Gasteiger partial charge in [-0.3, -0.25) is 4.99 Å². The molecule has 1 heterocycles. The van der Waals surface area contributed by atoms with Crippen molar-refractivity contribution in [3.63, 3.8) is 0 Å². The molecule has 92 valence electrons. The van der Waals surface area contributed by atoms with Crippen LogP contribution in [0.3, 0.4) is 0 Å². The number of hydrogen-bond acceptors (Lipinski definition) is 3. The second kappa shape index (κ2) is 5.76. The summed E-state index contributed by atoms with van der Waals surface area (Å²) < 4.78 is 2.11. The van der Waals surface area contributed by atoms with Gasteiger partial charge >= 0.3 is 0 Å². The molecule has 0 saturated carbocycles.